The van der Waals surface area contributed by atoms with Crippen molar-refractivity contribution in [1.29, 1.82) is 0 Å². The molecule has 1 saturated heterocycles. The standard InChI is InChI=1S/C43H51N9O4/c1-6-34-37(49-22-24-50(25-23-49)40(54)36-38(29(2)44-28-45-36)56-27-30-14-10-9-11-15-30)41(55)52-42(47-39(48-52)31-16-12-7-8-13-17-31)51(34)26-35(53)46-33-20-18-32(19-21-33)43(3,4)5/h9-11,14-16,18-21,28H,6-8,12-13,17,22-27H2,1-5H3,(H,46,53). The number of aryl methyl sites for hydroxylation is 1. The third kappa shape index (κ3) is 8.22. The number of piperazine rings is 1. The van der Waals surface area contributed by atoms with Crippen LogP contribution in [0.15, 0.2) is 71.8 Å². The zero-order valence-corrected chi connectivity index (χ0v) is 33.0. The van der Waals surface area contributed by atoms with Gasteiger partial charge in [-0.15, -0.1) is 5.10 Å². The lowest BCUT2D eigenvalue weighted by Crippen LogP contribution is -2.51. The molecule has 0 bridgehead atoms. The minimum atomic E-state index is -0.290. The molecule has 0 unspecified atom stereocenters. The molecule has 292 valence electrons. The van der Waals surface area contributed by atoms with E-state index in [9.17, 15) is 14.4 Å². The first-order valence-electron chi connectivity index (χ1n) is 19.7. The number of aromatic nitrogens is 6. The van der Waals surface area contributed by atoms with Gasteiger partial charge in [-0.2, -0.15) is 9.50 Å². The van der Waals surface area contributed by atoms with Crippen molar-refractivity contribution >= 4 is 34.5 Å². The van der Waals surface area contributed by atoms with Crippen molar-refractivity contribution in [2.45, 2.75) is 91.7 Å². The van der Waals surface area contributed by atoms with E-state index in [1.54, 1.807) is 11.8 Å². The highest BCUT2D eigenvalue weighted by atomic mass is 16.5. The number of hydrogen-bond donors (Lipinski definition) is 1. The maximum atomic E-state index is 14.5. The normalized spacial score (nSPS) is 15.1. The number of nitrogens with one attached hydrogen (secondary N) is 1. The molecule has 1 aliphatic carbocycles. The number of fused-ring (bicyclic) bond motifs is 1. The molecule has 7 rings (SSSR count). The van der Waals surface area contributed by atoms with Gasteiger partial charge in [-0.3, -0.25) is 14.4 Å². The molecule has 1 N–H and O–H groups in total. The number of hydrogen-bond acceptors (Lipinski definition) is 9. The predicted octanol–water partition coefficient (Wildman–Crippen LogP) is 6.38. The highest BCUT2D eigenvalue weighted by Gasteiger charge is 2.31. The average molecular weight is 758 g/mol. The molecule has 0 saturated carbocycles. The van der Waals surface area contributed by atoms with Gasteiger partial charge in [-0.05, 0) is 73.3 Å². The molecule has 1 aliphatic heterocycles. The molecule has 2 amide bonds. The number of anilines is 2. The minimum absolute atomic E-state index is 0.0116. The summed E-state index contributed by atoms with van der Waals surface area (Å²) >= 11 is 0. The topological polar surface area (TPSA) is 140 Å². The molecule has 3 aromatic heterocycles. The summed E-state index contributed by atoms with van der Waals surface area (Å²) < 4.78 is 9.31. The molecule has 5 aromatic rings. The number of allylic oxidation sites excluding steroid dienone is 2. The summed E-state index contributed by atoms with van der Waals surface area (Å²) in [6.07, 6.45) is 9.09. The van der Waals surface area contributed by atoms with Crippen molar-refractivity contribution < 1.29 is 14.3 Å². The zero-order valence-electron chi connectivity index (χ0n) is 33.0. The van der Waals surface area contributed by atoms with E-state index in [4.69, 9.17) is 14.8 Å². The minimum Gasteiger partial charge on any atom is -0.485 e. The fourth-order valence-electron chi connectivity index (χ4n) is 7.48. The Morgan fingerprint density at radius 1 is 0.929 bits per heavy atom. The fraction of sp³-hybridized carbons (Fsp3) is 0.419. The van der Waals surface area contributed by atoms with Crippen molar-refractivity contribution in [3.05, 3.63) is 111 Å². The first-order chi connectivity index (χ1) is 27.0. The average Bonchev–Trinajstić information content (AvgIpc) is 3.47. The Hall–Kier alpha value is -5.85. The molecule has 4 heterocycles. The van der Waals surface area contributed by atoms with Gasteiger partial charge in [-0.1, -0.05) is 82.7 Å². The summed E-state index contributed by atoms with van der Waals surface area (Å²) in [7, 11) is 0. The van der Waals surface area contributed by atoms with E-state index in [0.29, 0.717) is 72.7 Å². The Labute approximate surface area is 327 Å². The van der Waals surface area contributed by atoms with Crippen LogP contribution < -0.4 is 20.5 Å². The molecule has 0 atom stereocenters. The van der Waals surface area contributed by atoms with Crippen LogP contribution in [0.25, 0.3) is 11.4 Å². The van der Waals surface area contributed by atoms with Crippen molar-refractivity contribution in [3.63, 3.8) is 0 Å². The number of nitrogens with zero attached hydrogens (tertiary/aromatic N) is 8. The highest BCUT2D eigenvalue weighted by molar-refractivity contribution is 5.95. The van der Waals surface area contributed by atoms with Gasteiger partial charge in [0.15, 0.2) is 17.3 Å². The third-order valence-corrected chi connectivity index (χ3v) is 10.6. The van der Waals surface area contributed by atoms with Gasteiger partial charge in [0, 0.05) is 31.9 Å². The van der Waals surface area contributed by atoms with Crippen LogP contribution in [-0.4, -0.2) is 72.0 Å². The van der Waals surface area contributed by atoms with E-state index >= 15 is 0 Å². The monoisotopic (exact) mass is 757 g/mol. The largest absolute Gasteiger partial charge is 0.485 e. The summed E-state index contributed by atoms with van der Waals surface area (Å²) in [5.41, 5.74) is 5.50. The molecule has 13 heteroatoms. The van der Waals surface area contributed by atoms with E-state index < -0.39 is 0 Å². The summed E-state index contributed by atoms with van der Waals surface area (Å²) in [5, 5.41) is 7.84. The van der Waals surface area contributed by atoms with E-state index in [1.807, 2.05) is 71.0 Å². The van der Waals surface area contributed by atoms with E-state index in [0.717, 1.165) is 43.2 Å². The van der Waals surface area contributed by atoms with Crippen LogP contribution in [-0.2, 0) is 29.8 Å². The second-order valence-electron chi connectivity index (χ2n) is 15.6. The first kappa shape index (κ1) is 38.4. The zero-order chi connectivity index (χ0) is 39.4. The van der Waals surface area contributed by atoms with Crippen LogP contribution >= 0.6 is 0 Å². The maximum Gasteiger partial charge on any atom is 0.299 e. The molecule has 13 nitrogen and oxygen atoms in total. The maximum absolute atomic E-state index is 14.5. The molecule has 2 aromatic carbocycles. The number of amides is 2. The number of carbonyl (C=O) groups is 2. The molecular formula is C43H51N9O4. The number of benzene rings is 2. The lowest BCUT2D eigenvalue weighted by Gasteiger charge is -2.36. The third-order valence-electron chi connectivity index (χ3n) is 10.6. The van der Waals surface area contributed by atoms with Gasteiger partial charge in [0.1, 0.15) is 25.2 Å². The lowest BCUT2D eigenvalue weighted by atomic mass is 9.87. The summed E-state index contributed by atoms with van der Waals surface area (Å²) in [4.78, 5) is 59.5. The molecule has 0 spiro atoms. The Morgan fingerprint density at radius 3 is 2.39 bits per heavy atom. The van der Waals surface area contributed by atoms with Gasteiger partial charge in [-0.25, -0.2) is 9.97 Å². The number of rotatable bonds is 10. The predicted molar refractivity (Wildman–Crippen MR) is 217 cm³/mol. The van der Waals surface area contributed by atoms with Crippen LogP contribution in [0.5, 0.6) is 5.75 Å². The lowest BCUT2D eigenvalue weighted by molar-refractivity contribution is -0.116. The summed E-state index contributed by atoms with van der Waals surface area (Å²) in [5.74, 6) is 0.728. The van der Waals surface area contributed by atoms with Gasteiger partial charge >= 0.3 is 0 Å². The summed E-state index contributed by atoms with van der Waals surface area (Å²) in [6, 6.07) is 17.6. The first-order valence-corrected chi connectivity index (χ1v) is 19.7. The van der Waals surface area contributed by atoms with Crippen LogP contribution in [0.2, 0.25) is 0 Å². The van der Waals surface area contributed by atoms with Gasteiger partial charge in [0.05, 0.1) is 11.4 Å². The second-order valence-corrected chi connectivity index (χ2v) is 15.6. The van der Waals surface area contributed by atoms with Crippen molar-refractivity contribution in [3.8, 4) is 5.75 Å². The molecule has 2 aliphatic rings. The Morgan fingerprint density at radius 2 is 1.68 bits per heavy atom. The van der Waals surface area contributed by atoms with Crippen LogP contribution in [0.4, 0.5) is 11.4 Å². The Balaban J connectivity index is 1.17. The van der Waals surface area contributed by atoms with E-state index in [1.165, 1.54) is 16.4 Å². The Kier molecular flexibility index (Phi) is 11.3. The summed E-state index contributed by atoms with van der Waals surface area (Å²) in [6.45, 7) is 11.9. The quantitative estimate of drug-likeness (QED) is 0.172. The van der Waals surface area contributed by atoms with E-state index in [2.05, 4.69) is 42.1 Å². The number of ether oxygens (including phenoxy) is 1. The van der Waals surface area contributed by atoms with Crippen LogP contribution in [0.1, 0.15) is 98.6 Å². The SMILES string of the molecule is CCc1c(N2CCN(C(=O)c3ncnc(C)c3OCc3ccccc3)CC2)c(=O)n2nc(C3=CCCCCC3)nc2n1CC(=O)Nc1ccc(C(C)(C)C)cc1. The highest BCUT2D eigenvalue weighted by Crippen LogP contribution is 2.28. The van der Waals surface area contributed by atoms with Gasteiger partial charge in [0.2, 0.25) is 11.7 Å². The van der Waals surface area contributed by atoms with E-state index in [-0.39, 0.29) is 41.6 Å². The molecule has 1 fully saturated rings. The molecule has 0 radical (unpaired) electrons. The van der Waals surface area contributed by atoms with Gasteiger partial charge in [0.25, 0.3) is 11.5 Å². The fourth-order valence-corrected chi connectivity index (χ4v) is 7.48. The van der Waals surface area contributed by atoms with Gasteiger partial charge < -0.3 is 24.4 Å². The smallest absolute Gasteiger partial charge is 0.299 e. The number of carbonyl (C=O) groups excluding carboxylic acids is 2. The van der Waals surface area contributed by atoms with Crippen molar-refractivity contribution in [2.24, 2.45) is 0 Å². The molecule has 56 heavy (non-hydrogen) atoms. The second kappa shape index (κ2) is 16.5. The van der Waals surface area contributed by atoms with Crippen molar-refractivity contribution in [1.82, 2.24) is 34.0 Å². The van der Waals surface area contributed by atoms with Crippen molar-refractivity contribution in [2.75, 3.05) is 36.4 Å². The van der Waals surface area contributed by atoms with Crippen LogP contribution in [0, 0.1) is 6.92 Å². The Bertz CT molecular complexity index is 2300. The molecular weight excluding hydrogens is 707 g/mol. The van der Waals surface area contributed by atoms with Crippen LogP contribution in [0.3, 0.4) is 0 Å².